The Morgan fingerprint density at radius 2 is 2.29 bits per heavy atom. The van der Waals surface area contributed by atoms with E-state index in [0.717, 1.165) is 12.1 Å². The lowest BCUT2D eigenvalue weighted by atomic mass is 10.3. The Labute approximate surface area is 127 Å². The first-order valence-electron chi connectivity index (χ1n) is 6.76. The molecule has 0 aromatic carbocycles. The number of nitrogens with zero attached hydrogens (tertiary/aromatic N) is 4. The first-order chi connectivity index (χ1) is 10.1. The van der Waals surface area contributed by atoms with Crippen LogP contribution < -0.4 is 5.32 Å². The van der Waals surface area contributed by atoms with Crippen LogP contribution in [0.5, 0.6) is 0 Å². The molecule has 7 nitrogen and oxygen atoms in total. The summed E-state index contributed by atoms with van der Waals surface area (Å²) >= 11 is 1.27. The fraction of sp³-hybridized carbons (Fsp3) is 0.500. The molecule has 0 aliphatic carbocycles. The lowest BCUT2D eigenvalue weighted by molar-refractivity contribution is 0.336. The molecule has 3 heterocycles. The van der Waals surface area contributed by atoms with E-state index in [-0.39, 0.29) is 6.54 Å². The molecule has 0 saturated heterocycles. The first-order valence-corrected chi connectivity index (χ1v) is 9.08. The average molecular weight is 327 g/mol. The molecule has 2 aromatic rings. The standard InChI is InChI=1S/C12H17N5O2S2/c1-2-13-6-10-5-12(20-8-10)21(18,19)17-4-3-16-9-14-15-11(16)7-17/h5,8-9,13H,2-4,6-7H2,1H3. The van der Waals surface area contributed by atoms with Crippen LogP contribution in [0.2, 0.25) is 0 Å². The minimum absolute atomic E-state index is 0.281. The molecule has 0 bridgehead atoms. The second kappa shape index (κ2) is 5.84. The zero-order valence-corrected chi connectivity index (χ0v) is 13.3. The maximum absolute atomic E-state index is 12.7. The van der Waals surface area contributed by atoms with Gasteiger partial charge in [-0.05, 0) is 23.6 Å². The summed E-state index contributed by atoms with van der Waals surface area (Å²) in [7, 11) is -3.44. The van der Waals surface area contributed by atoms with Crippen molar-refractivity contribution in [1.29, 1.82) is 0 Å². The van der Waals surface area contributed by atoms with Crippen LogP contribution >= 0.6 is 11.3 Å². The van der Waals surface area contributed by atoms with Crippen LogP contribution in [-0.2, 0) is 29.7 Å². The van der Waals surface area contributed by atoms with Gasteiger partial charge in [-0.3, -0.25) is 0 Å². The number of hydrogen-bond donors (Lipinski definition) is 1. The second-order valence-corrected chi connectivity index (χ2v) is 7.91. The Hall–Kier alpha value is -1.29. The lowest BCUT2D eigenvalue weighted by Crippen LogP contribution is -2.37. The molecular weight excluding hydrogens is 310 g/mol. The highest BCUT2D eigenvalue weighted by Gasteiger charge is 2.30. The summed E-state index contributed by atoms with van der Waals surface area (Å²) in [5, 5.41) is 12.9. The van der Waals surface area contributed by atoms with Crippen LogP contribution in [-0.4, -0.2) is 40.6 Å². The fourth-order valence-corrected chi connectivity index (χ4v) is 4.97. The van der Waals surface area contributed by atoms with Gasteiger partial charge in [-0.1, -0.05) is 6.92 Å². The van der Waals surface area contributed by atoms with Gasteiger partial charge in [-0.2, -0.15) is 4.31 Å². The second-order valence-electron chi connectivity index (χ2n) is 4.83. The Morgan fingerprint density at radius 3 is 3.10 bits per heavy atom. The van der Waals surface area contributed by atoms with Gasteiger partial charge in [0.2, 0.25) is 0 Å². The summed E-state index contributed by atoms with van der Waals surface area (Å²) in [4.78, 5) is 0. The van der Waals surface area contributed by atoms with Crippen LogP contribution in [0, 0.1) is 0 Å². The van der Waals surface area contributed by atoms with Crippen molar-refractivity contribution in [2.45, 2.75) is 30.8 Å². The summed E-state index contributed by atoms with van der Waals surface area (Å²) in [5.41, 5.74) is 1.00. The Morgan fingerprint density at radius 1 is 1.43 bits per heavy atom. The third-order valence-corrected chi connectivity index (χ3v) is 6.72. The minimum atomic E-state index is -3.44. The van der Waals surface area contributed by atoms with Crippen molar-refractivity contribution in [3.05, 3.63) is 29.2 Å². The number of fused-ring (bicyclic) bond motifs is 1. The number of nitrogens with one attached hydrogen (secondary N) is 1. The zero-order chi connectivity index (χ0) is 14.9. The van der Waals surface area contributed by atoms with Gasteiger partial charge in [-0.25, -0.2) is 8.42 Å². The Balaban J connectivity index is 1.79. The normalized spacial score (nSPS) is 16.0. The van der Waals surface area contributed by atoms with E-state index < -0.39 is 10.0 Å². The van der Waals surface area contributed by atoms with Gasteiger partial charge in [-0.15, -0.1) is 21.5 Å². The molecule has 1 aliphatic heterocycles. The highest BCUT2D eigenvalue weighted by Crippen LogP contribution is 2.26. The van der Waals surface area contributed by atoms with E-state index in [9.17, 15) is 8.42 Å². The Bertz CT molecular complexity index is 722. The quantitative estimate of drug-likeness (QED) is 0.872. The van der Waals surface area contributed by atoms with Crippen LogP contribution in [0.3, 0.4) is 0 Å². The van der Waals surface area contributed by atoms with Crippen molar-refractivity contribution in [3.63, 3.8) is 0 Å². The molecule has 0 unspecified atom stereocenters. The number of aromatic nitrogens is 3. The molecule has 2 aromatic heterocycles. The van der Waals surface area contributed by atoms with Crippen molar-refractivity contribution in [2.24, 2.45) is 0 Å². The van der Waals surface area contributed by atoms with Crippen molar-refractivity contribution in [3.8, 4) is 0 Å². The summed E-state index contributed by atoms with van der Waals surface area (Å²) in [6.07, 6.45) is 1.64. The predicted octanol–water partition coefficient (Wildman–Crippen LogP) is 0.654. The molecule has 3 rings (SSSR count). The molecule has 21 heavy (non-hydrogen) atoms. The van der Waals surface area contributed by atoms with Crippen molar-refractivity contribution >= 4 is 21.4 Å². The predicted molar refractivity (Wildman–Crippen MR) is 79.3 cm³/mol. The third-order valence-electron chi connectivity index (χ3n) is 3.41. The molecule has 0 amide bonds. The number of hydrogen-bond acceptors (Lipinski definition) is 6. The van der Waals surface area contributed by atoms with E-state index in [4.69, 9.17) is 0 Å². The fourth-order valence-electron chi connectivity index (χ4n) is 2.23. The van der Waals surface area contributed by atoms with Crippen molar-refractivity contribution < 1.29 is 8.42 Å². The molecule has 0 atom stereocenters. The summed E-state index contributed by atoms with van der Waals surface area (Å²) in [6.45, 7) is 4.90. The molecular formula is C12H17N5O2S2. The topological polar surface area (TPSA) is 80.1 Å². The molecule has 1 aliphatic rings. The lowest BCUT2D eigenvalue weighted by Gasteiger charge is -2.25. The van der Waals surface area contributed by atoms with Gasteiger partial charge in [0, 0.05) is 19.6 Å². The molecule has 0 saturated carbocycles. The molecule has 9 heteroatoms. The SMILES string of the molecule is CCNCc1csc(S(=O)(=O)N2CCn3cnnc3C2)c1. The minimum Gasteiger partial charge on any atom is -0.315 e. The highest BCUT2D eigenvalue weighted by molar-refractivity contribution is 7.91. The van der Waals surface area contributed by atoms with E-state index in [1.807, 2.05) is 16.9 Å². The highest BCUT2D eigenvalue weighted by atomic mass is 32.2. The molecule has 0 radical (unpaired) electrons. The molecule has 1 N–H and O–H groups in total. The molecule has 0 fully saturated rings. The van der Waals surface area contributed by atoms with Crippen LogP contribution in [0.25, 0.3) is 0 Å². The van der Waals surface area contributed by atoms with Crippen LogP contribution in [0.1, 0.15) is 18.3 Å². The number of sulfonamides is 1. The zero-order valence-electron chi connectivity index (χ0n) is 11.7. The van der Waals surface area contributed by atoms with Gasteiger partial charge < -0.3 is 9.88 Å². The summed E-state index contributed by atoms with van der Waals surface area (Å²) in [5.74, 6) is 0.689. The summed E-state index contributed by atoms with van der Waals surface area (Å²) in [6, 6.07) is 1.75. The van der Waals surface area contributed by atoms with Gasteiger partial charge >= 0.3 is 0 Å². The van der Waals surface area contributed by atoms with Gasteiger partial charge in [0.05, 0.1) is 6.54 Å². The molecule has 0 spiro atoms. The number of rotatable bonds is 5. The summed E-state index contributed by atoms with van der Waals surface area (Å²) < 4.78 is 29.1. The van der Waals surface area contributed by atoms with Crippen molar-refractivity contribution in [2.75, 3.05) is 13.1 Å². The van der Waals surface area contributed by atoms with E-state index in [1.54, 1.807) is 12.4 Å². The first kappa shape index (κ1) is 14.6. The van der Waals surface area contributed by atoms with E-state index in [2.05, 4.69) is 15.5 Å². The maximum atomic E-state index is 12.7. The van der Waals surface area contributed by atoms with Gasteiger partial charge in [0.25, 0.3) is 10.0 Å². The van der Waals surface area contributed by atoms with Crippen LogP contribution in [0.15, 0.2) is 22.0 Å². The maximum Gasteiger partial charge on any atom is 0.253 e. The monoisotopic (exact) mass is 327 g/mol. The van der Waals surface area contributed by atoms with E-state index in [0.29, 0.717) is 29.7 Å². The van der Waals surface area contributed by atoms with Gasteiger partial charge in [0.1, 0.15) is 16.4 Å². The average Bonchev–Trinajstić information content (AvgIpc) is 3.13. The van der Waals surface area contributed by atoms with E-state index in [1.165, 1.54) is 15.6 Å². The number of thiophene rings is 1. The van der Waals surface area contributed by atoms with Crippen LogP contribution in [0.4, 0.5) is 0 Å². The smallest absolute Gasteiger partial charge is 0.253 e. The van der Waals surface area contributed by atoms with E-state index >= 15 is 0 Å². The Kier molecular flexibility index (Phi) is 4.07. The molecule has 114 valence electrons. The largest absolute Gasteiger partial charge is 0.315 e. The van der Waals surface area contributed by atoms with Crippen molar-refractivity contribution in [1.82, 2.24) is 24.4 Å². The third kappa shape index (κ3) is 2.86. The van der Waals surface area contributed by atoms with Gasteiger partial charge in [0.15, 0.2) is 0 Å².